The van der Waals surface area contributed by atoms with Crippen LogP contribution in [0.3, 0.4) is 0 Å². The summed E-state index contributed by atoms with van der Waals surface area (Å²) >= 11 is 0. The third-order valence-corrected chi connectivity index (χ3v) is 5.33. The molecule has 1 aliphatic rings. The van der Waals surface area contributed by atoms with Gasteiger partial charge in [-0.3, -0.25) is 5.10 Å². The number of hydrogen-bond donors (Lipinski definition) is 3. The molecule has 1 amide bonds. The lowest BCUT2D eigenvalue weighted by Gasteiger charge is -2.18. The lowest BCUT2D eigenvalue weighted by Crippen LogP contribution is -2.36. The molecule has 1 fully saturated rings. The largest absolute Gasteiger partial charge is 0.443 e. The Hall–Kier alpha value is -3.21. The Bertz CT molecular complexity index is 1100. The molecule has 4 rings (SSSR count). The highest BCUT2D eigenvalue weighted by atomic mass is 19.1. The molecule has 3 aromatic rings. The van der Waals surface area contributed by atoms with Crippen molar-refractivity contribution in [1.29, 1.82) is 0 Å². The molecule has 0 bridgehead atoms. The number of carbonyl (C=O) groups excluding carboxylic acids is 1. The number of alkyl carbamates (subject to hydrolysis) is 1. The second kappa shape index (κ2) is 9.11. The zero-order valence-corrected chi connectivity index (χ0v) is 18.6. The molecule has 3 atom stereocenters. The molecule has 10 nitrogen and oxygen atoms in total. The van der Waals surface area contributed by atoms with E-state index in [2.05, 4.69) is 30.9 Å². The highest BCUT2D eigenvalue weighted by molar-refractivity contribution is 5.72. The number of nitrogens with zero attached hydrogens (tertiary/aromatic N) is 4. The third kappa shape index (κ3) is 4.67. The van der Waals surface area contributed by atoms with Crippen molar-refractivity contribution in [2.24, 2.45) is 0 Å². The lowest BCUT2D eigenvalue weighted by molar-refractivity contribution is 0.0555. The summed E-state index contributed by atoms with van der Waals surface area (Å²) in [5.41, 5.74) is 2.99. The molecule has 1 saturated carbocycles. The number of rotatable bonds is 7. The van der Waals surface area contributed by atoms with Gasteiger partial charge in [0.05, 0.1) is 24.2 Å². The normalized spacial score (nSPS) is 20.8. The number of aromatic amines is 1. The van der Waals surface area contributed by atoms with E-state index in [1.807, 2.05) is 33.0 Å². The van der Waals surface area contributed by atoms with Crippen LogP contribution >= 0.6 is 0 Å². The van der Waals surface area contributed by atoms with E-state index in [1.165, 1.54) is 0 Å². The van der Waals surface area contributed by atoms with Crippen molar-refractivity contribution in [1.82, 2.24) is 30.1 Å². The van der Waals surface area contributed by atoms with Crippen molar-refractivity contribution in [3.8, 4) is 0 Å². The number of H-pyrrole nitrogens is 1. The van der Waals surface area contributed by atoms with Crippen LogP contribution in [0.25, 0.3) is 5.52 Å². The number of hydrogen-bond acceptors (Lipinski definition) is 7. The predicted octanol–water partition coefficient (Wildman–Crippen LogP) is 3.37. The van der Waals surface area contributed by atoms with E-state index in [1.54, 1.807) is 17.7 Å². The molecule has 0 aliphatic heterocycles. The van der Waals surface area contributed by atoms with E-state index in [0.717, 1.165) is 16.9 Å². The van der Waals surface area contributed by atoms with Crippen LogP contribution in [-0.2, 0) is 16.1 Å². The van der Waals surface area contributed by atoms with Crippen LogP contribution in [0, 0.1) is 6.92 Å². The minimum Gasteiger partial charge on any atom is -0.443 e. The summed E-state index contributed by atoms with van der Waals surface area (Å²) in [5, 5.41) is 17.5. The third-order valence-electron chi connectivity index (χ3n) is 5.33. The Morgan fingerprint density at radius 1 is 1.38 bits per heavy atom. The van der Waals surface area contributed by atoms with Gasteiger partial charge in [0.2, 0.25) is 0 Å². The van der Waals surface area contributed by atoms with Crippen molar-refractivity contribution in [3.05, 3.63) is 35.4 Å². The summed E-state index contributed by atoms with van der Waals surface area (Å²) in [5.74, 6) is 0.681. The van der Waals surface area contributed by atoms with Crippen LogP contribution < -0.4 is 10.6 Å². The van der Waals surface area contributed by atoms with Crippen LogP contribution in [0.5, 0.6) is 0 Å². The summed E-state index contributed by atoms with van der Waals surface area (Å²) in [6, 6.07) is 3.59. The molecule has 0 aromatic carbocycles. The van der Waals surface area contributed by atoms with E-state index in [0.29, 0.717) is 36.8 Å². The fraction of sp³-hybridized carbons (Fsp3) is 0.524. The summed E-state index contributed by atoms with van der Waals surface area (Å²) in [6.45, 7) is 5.92. The zero-order valence-electron chi connectivity index (χ0n) is 18.6. The van der Waals surface area contributed by atoms with Crippen LogP contribution in [0.4, 0.5) is 20.8 Å². The van der Waals surface area contributed by atoms with Gasteiger partial charge in [0.1, 0.15) is 17.8 Å². The number of fused-ring (bicyclic) bond motifs is 1. The SMILES string of the molecule is COCc1cc2c(Nc3cc([C@@H]4CC[C@H](OC(=O)NC(C)C)[C@@H]4F)[nH]n3)nc(C)cn2n1. The lowest BCUT2D eigenvalue weighted by atomic mass is 10.0. The molecule has 3 N–H and O–H groups in total. The number of carbonyl (C=O) groups is 1. The molecule has 1 aliphatic carbocycles. The van der Waals surface area contributed by atoms with Crippen LogP contribution in [0.15, 0.2) is 18.3 Å². The first-order valence-electron chi connectivity index (χ1n) is 10.6. The fourth-order valence-electron chi connectivity index (χ4n) is 3.96. The van der Waals surface area contributed by atoms with E-state index in [9.17, 15) is 9.18 Å². The summed E-state index contributed by atoms with van der Waals surface area (Å²) in [7, 11) is 1.62. The molecule has 32 heavy (non-hydrogen) atoms. The Labute approximate surface area is 184 Å². The zero-order chi connectivity index (χ0) is 22.8. The van der Waals surface area contributed by atoms with Crippen LogP contribution in [0.2, 0.25) is 0 Å². The second-order valence-corrected chi connectivity index (χ2v) is 8.33. The highest BCUT2D eigenvalue weighted by Crippen LogP contribution is 2.38. The number of aromatic nitrogens is 5. The highest BCUT2D eigenvalue weighted by Gasteiger charge is 2.40. The molecular formula is C21H28FN7O3. The standard InChI is InChI=1S/C21H28FN7O3/c1-11(2)23-21(30)32-17-6-5-14(19(17)22)15-8-18(27-26-15)25-20-16-7-13(10-31-4)28-29(16)9-12(3)24-20/h7-9,11,14,17,19H,5-6,10H2,1-4H3,(H,23,30)(H2,24,25,26,27)/t14-,17-,19+/m0/s1. The predicted molar refractivity (Wildman–Crippen MR) is 116 cm³/mol. The number of anilines is 2. The molecule has 0 radical (unpaired) electrons. The van der Waals surface area contributed by atoms with Gasteiger partial charge in [0, 0.05) is 30.8 Å². The van der Waals surface area contributed by atoms with Crippen molar-refractivity contribution in [2.75, 3.05) is 12.4 Å². The van der Waals surface area contributed by atoms with Crippen LogP contribution in [0.1, 0.15) is 49.7 Å². The van der Waals surface area contributed by atoms with Gasteiger partial charge in [-0.05, 0) is 39.7 Å². The van der Waals surface area contributed by atoms with Crippen molar-refractivity contribution < 1.29 is 18.7 Å². The Kier molecular flexibility index (Phi) is 6.26. The average Bonchev–Trinajstić information content (AvgIpc) is 3.41. The molecule has 0 unspecified atom stereocenters. The molecule has 3 heterocycles. The van der Waals surface area contributed by atoms with Crippen molar-refractivity contribution in [2.45, 2.75) is 64.5 Å². The fourth-order valence-corrected chi connectivity index (χ4v) is 3.96. The number of nitrogens with one attached hydrogen (secondary N) is 3. The van der Waals surface area contributed by atoms with Crippen LogP contribution in [-0.4, -0.2) is 56.3 Å². The van der Waals surface area contributed by atoms with E-state index in [4.69, 9.17) is 9.47 Å². The maximum Gasteiger partial charge on any atom is 0.407 e. The number of methoxy groups -OCH3 is 1. The second-order valence-electron chi connectivity index (χ2n) is 8.33. The average molecular weight is 445 g/mol. The molecular weight excluding hydrogens is 417 g/mol. The van der Waals surface area contributed by atoms with Gasteiger partial charge in [-0.2, -0.15) is 10.2 Å². The smallest absolute Gasteiger partial charge is 0.407 e. The molecule has 3 aromatic heterocycles. The summed E-state index contributed by atoms with van der Waals surface area (Å²) < 4.78 is 27.2. The molecule has 0 spiro atoms. The molecule has 172 valence electrons. The first-order valence-corrected chi connectivity index (χ1v) is 10.6. The molecule has 0 saturated heterocycles. The summed E-state index contributed by atoms with van der Waals surface area (Å²) in [6.07, 6.45) is 0.162. The number of halogens is 1. The van der Waals surface area contributed by atoms with Gasteiger partial charge in [-0.1, -0.05) is 0 Å². The van der Waals surface area contributed by atoms with E-state index >= 15 is 0 Å². The maximum atomic E-state index is 15.0. The topological polar surface area (TPSA) is 118 Å². The first-order chi connectivity index (χ1) is 15.3. The Balaban J connectivity index is 1.47. The minimum atomic E-state index is -1.31. The Morgan fingerprint density at radius 2 is 2.19 bits per heavy atom. The first kappa shape index (κ1) is 22.0. The maximum absolute atomic E-state index is 15.0. The monoisotopic (exact) mass is 445 g/mol. The van der Waals surface area contributed by atoms with E-state index in [-0.39, 0.29) is 6.04 Å². The molecule has 11 heteroatoms. The quantitative estimate of drug-likeness (QED) is 0.510. The van der Waals surface area contributed by atoms with Gasteiger partial charge < -0.3 is 20.1 Å². The number of aryl methyl sites for hydroxylation is 1. The number of ether oxygens (including phenoxy) is 2. The Morgan fingerprint density at radius 3 is 2.94 bits per heavy atom. The van der Waals surface area contributed by atoms with Gasteiger partial charge in [0.25, 0.3) is 0 Å². The van der Waals surface area contributed by atoms with Gasteiger partial charge >= 0.3 is 6.09 Å². The van der Waals surface area contributed by atoms with Gasteiger partial charge in [0.15, 0.2) is 11.6 Å². The van der Waals surface area contributed by atoms with E-state index < -0.39 is 24.3 Å². The number of alkyl halides is 1. The van der Waals surface area contributed by atoms with Crippen molar-refractivity contribution >= 4 is 23.2 Å². The van der Waals surface area contributed by atoms with Gasteiger partial charge in [-0.25, -0.2) is 18.7 Å². The van der Waals surface area contributed by atoms with Gasteiger partial charge in [-0.15, -0.1) is 0 Å². The van der Waals surface area contributed by atoms with Crippen molar-refractivity contribution in [3.63, 3.8) is 0 Å². The summed E-state index contributed by atoms with van der Waals surface area (Å²) in [4.78, 5) is 16.4. The minimum absolute atomic E-state index is 0.0675. The number of amides is 1.